The first kappa shape index (κ1) is 17.8. The van der Waals surface area contributed by atoms with Crippen LogP contribution in [0.5, 0.6) is 11.5 Å². The lowest BCUT2D eigenvalue weighted by Gasteiger charge is -2.22. The highest BCUT2D eigenvalue weighted by Crippen LogP contribution is 2.34. The van der Waals surface area contributed by atoms with Gasteiger partial charge < -0.3 is 20.1 Å². The van der Waals surface area contributed by atoms with Crippen LogP contribution in [0.3, 0.4) is 0 Å². The molecule has 136 valence electrons. The van der Waals surface area contributed by atoms with E-state index in [4.69, 9.17) is 9.47 Å². The van der Waals surface area contributed by atoms with E-state index < -0.39 is 6.04 Å². The van der Waals surface area contributed by atoms with Crippen molar-refractivity contribution in [2.45, 2.75) is 26.8 Å². The van der Waals surface area contributed by atoms with Crippen molar-refractivity contribution >= 4 is 17.5 Å². The lowest BCUT2D eigenvalue weighted by atomic mass is 10.0. The zero-order valence-corrected chi connectivity index (χ0v) is 15.0. The molecule has 0 aromatic heterocycles. The molecule has 6 nitrogen and oxygen atoms in total. The molecule has 0 saturated carbocycles. The summed E-state index contributed by atoms with van der Waals surface area (Å²) in [7, 11) is 0. The number of anilines is 1. The van der Waals surface area contributed by atoms with Crippen LogP contribution in [0.25, 0.3) is 0 Å². The van der Waals surface area contributed by atoms with Crippen LogP contribution in [0.2, 0.25) is 0 Å². The Kier molecular flexibility index (Phi) is 5.11. The molecule has 26 heavy (non-hydrogen) atoms. The molecule has 0 spiro atoms. The number of amides is 2. The number of nitrogens with one attached hydrogen (secondary N) is 2. The smallest absolute Gasteiger partial charge is 0.252 e. The number of ether oxygens (including phenoxy) is 2. The number of benzene rings is 2. The molecule has 0 fully saturated rings. The third-order valence-corrected chi connectivity index (χ3v) is 4.27. The molecule has 2 N–H and O–H groups in total. The van der Waals surface area contributed by atoms with E-state index in [0.29, 0.717) is 22.7 Å². The summed E-state index contributed by atoms with van der Waals surface area (Å²) in [5.41, 5.74) is 2.02. The van der Waals surface area contributed by atoms with Gasteiger partial charge in [-0.1, -0.05) is 32.0 Å². The molecular formula is C20H22N2O4. The third-order valence-electron chi connectivity index (χ3n) is 4.27. The largest absolute Gasteiger partial charge is 0.454 e. The van der Waals surface area contributed by atoms with Crippen LogP contribution in [-0.4, -0.2) is 24.6 Å². The fraction of sp³-hybridized carbons (Fsp3) is 0.300. The second-order valence-corrected chi connectivity index (χ2v) is 6.57. The summed E-state index contributed by atoms with van der Waals surface area (Å²) >= 11 is 0. The van der Waals surface area contributed by atoms with Crippen LogP contribution in [0.15, 0.2) is 42.5 Å². The van der Waals surface area contributed by atoms with Crippen LogP contribution in [0, 0.1) is 12.8 Å². The molecule has 1 aliphatic heterocycles. The summed E-state index contributed by atoms with van der Waals surface area (Å²) in [6.45, 7) is 5.82. The van der Waals surface area contributed by atoms with Crippen molar-refractivity contribution in [1.82, 2.24) is 5.32 Å². The number of carbonyl (C=O) groups excluding carboxylic acids is 2. The van der Waals surface area contributed by atoms with Crippen LogP contribution in [0.1, 0.15) is 29.8 Å². The molecule has 2 aromatic rings. The van der Waals surface area contributed by atoms with Gasteiger partial charge in [-0.3, -0.25) is 9.59 Å². The van der Waals surface area contributed by atoms with Gasteiger partial charge >= 0.3 is 0 Å². The first-order valence-electron chi connectivity index (χ1n) is 8.52. The minimum Gasteiger partial charge on any atom is -0.454 e. The van der Waals surface area contributed by atoms with Gasteiger partial charge in [0.1, 0.15) is 6.04 Å². The maximum atomic E-state index is 12.7. The van der Waals surface area contributed by atoms with Gasteiger partial charge in [-0.05, 0) is 36.6 Å². The monoisotopic (exact) mass is 354 g/mol. The molecule has 0 unspecified atom stereocenters. The fourth-order valence-electron chi connectivity index (χ4n) is 2.78. The summed E-state index contributed by atoms with van der Waals surface area (Å²) in [4.78, 5) is 25.3. The van der Waals surface area contributed by atoms with Gasteiger partial charge in [0.15, 0.2) is 11.5 Å². The Balaban J connectivity index is 1.72. The topological polar surface area (TPSA) is 76.7 Å². The number of carbonyl (C=O) groups is 2. The molecule has 0 aliphatic carbocycles. The second-order valence-electron chi connectivity index (χ2n) is 6.57. The van der Waals surface area contributed by atoms with Crippen LogP contribution in [-0.2, 0) is 4.79 Å². The van der Waals surface area contributed by atoms with Crippen LogP contribution >= 0.6 is 0 Å². The van der Waals surface area contributed by atoms with Crippen molar-refractivity contribution in [2.24, 2.45) is 5.92 Å². The predicted octanol–water partition coefficient (Wildman–Crippen LogP) is 3.12. The van der Waals surface area contributed by atoms with Gasteiger partial charge in [-0.25, -0.2) is 0 Å². The maximum absolute atomic E-state index is 12.7. The van der Waals surface area contributed by atoms with Gasteiger partial charge in [0.2, 0.25) is 12.7 Å². The van der Waals surface area contributed by atoms with Crippen molar-refractivity contribution in [3.63, 3.8) is 0 Å². The van der Waals surface area contributed by atoms with E-state index in [1.165, 1.54) is 0 Å². The molecule has 1 heterocycles. The second kappa shape index (κ2) is 7.47. The molecule has 1 aliphatic rings. The van der Waals surface area contributed by atoms with Gasteiger partial charge in [-0.2, -0.15) is 0 Å². The molecular weight excluding hydrogens is 332 g/mol. The molecule has 6 heteroatoms. The van der Waals surface area contributed by atoms with E-state index in [-0.39, 0.29) is 24.5 Å². The van der Waals surface area contributed by atoms with E-state index >= 15 is 0 Å². The lowest BCUT2D eigenvalue weighted by molar-refractivity contribution is -0.118. The van der Waals surface area contributed by atoms with Crippen molar-refractivity contribution in [2.75, 3.05) is 12.1 Å². The Morgan fingerprint density at radius 1 is 1.04 bits per heavy atom. The van der Waals surface area contributed by atoms with E-state index in [9.17, 15) is 9.59 Å². The highest BCUT2D eigenvalue weighted by molar-refractivity contribution is 6.02. The Bertz CT molecular complexity index is 832. The Hall–Kier alpha value is -3.02. The zero-order valence-electron chi connectivity index (χ0n) is 15.0. The van der Waals surface area contributed by atoms with E-state index in [1.54, 1.807) is 30.3 Å². The minimum atomic E-state index is -0.660. The normalized spacial score (nSPS) is 13.4. The van der Waals surface area contributed by atoms with Gasteiger partial charge in [-0.15, -0.1) is 0 Å². The Labute approximate surface area is 152 Å². The maximum Gasteiger partial charge on any atom is 0.252 e. The van der Waals surface area contributed by atoms with Crippen molar-refractivity contribution in [3.05, 3.63) is 53.6 Å². The SMILES string of the molecule is Cc1ccccc1C(=O)N[C@H](C(=O)Nc1ccc2c(c1)OCO2)C(C)C. The molecule has 0 saturated heterocycles. The molecule has 2 aromatic carbocycles. The van der Waals surface area contributed by atoms with Crippen LogP contribution < -0.4 is 20.1 Å². The van der Waals surface area contributed by atoms with Crippen molar-refractivity contribution < 1.29 is 19.1 Å². The van der Waals surface area contributed by atoms with Gasteiger partial charge in [0.25, 0.3) is 5.91 Å². The summed E-state index contributed by atoms with van der Waals surface area (Å²) in [5.74, 6) is 0.629. The van der Waals surface area contributed by atoms with Crippen molar-refractivity contribution in [1.29, 1.82) is 0 Å². The highest BCUT2D eigenvalue weighted by atomic mass is 16.7. The van der Waals surface area contributed by atoms with Gasteiger partial charge in [0.05, 0.1) is 0 Å². The quantitative estimate of drug-likeness (QED) is 0.865. The number of hydrogen-bond acceptors (Lipinski definition) is 4. The summed E-state index contributed by atoms with van der Waals surface area (Å²) in [6, 6.07) is 11.8. The molecule has 0 bridgehead atoms. The molecule has 3 rings (SSSR count). The number of aryl methyl sites for hydroxylation is 1. The van der Waals surface area contributed by atoms with Gasteiger partial charge in [0, 0.05) is 17.3 Å². The highest BCUT2D eigenvalue weighted by Gasteiger charge is 2.26. The average Bonchev–Trinajstić information content (AvgIpc) is 3.07. The Morgan fingerprint density at radius 2 is 1.77 bits per heavy atom. The summed E-state index contributed by atoms with van der Waals surface area (Å²) in [5, 5.41) is 5.67. The zero-order chi connectivity index (χ0) is 18.7. The fourth-order valence-corrected chi connectivity index (χ4v) is 2.78. The lowest BCUT2D eigenvalue weighted by Crippen LogP contribution is -2.47. The summed E-state index contributed by atoms with van der Waals surface area (Å²) < 4.78 is 10.6. The minimum absolute atomic E-state index is 0.0722. The Morgan fingerprint density at radius 3 is 2.50 bits per heavy atom. The number of hydrogen-bond donors (Lipinski definition) is 2. The number of fused-ring (bicyclic) bond motifs is 1. The van der Waals surface area contributed by atoms with E-state index in [0.717, 1.165) is 5.56 Å². The summed E-state index contributed by atoms with van der Waals surface area (Å²) in [6.07, 6.45) is 0. The van der Waals surface area contributed by atoms with Crippen LogP contribution in [0.4, 0.5) is 5.69 Å². The average molecular weight is 354 g/mol. The van der Waals surface area contributed by atoms with E-state index in [2.05, 4.69) is 10.6 Å². The first-order chi connectivity index (χ1) is 12.5. The number of rotatable bonds is 5. The van der Waals surface area contributed by atoms with Crippen molar-refractivity contribution in [3.8, 4) is 11.5 Å². The predicted molar refractivity (Wildman–Crippen MR) is 98.5 cm³/mol. The standard InChI is InChI=1S/C20H22N2O4/c1-12(2)18(22-19(23)15-7-5-4-6-13(15)3)20(24)21-14-8-9-16-17(10-14)26-11-25-16/h4-10,12,18H,11H2,1-3H3,(H,21,24)(H,22,23)/t18-/m0/s1. The molecule has 0 radical (unpaired) electrons. The molecule has 1 atom stereocenters. The van der Waals surface area contributed by atoms with E-state index in [1.807, 2.05) is 32.9 Å². The molecule has 2 amide bonds. The first-order valence-corrected chi connectivity index (χ1v) is 8.52. The third kappa shape index (κ3) is 3.79.